The molecule has 0 spiro atoms. The molecule has 0 saturated heterocycles. The van der Waals surface area contributed by atoms with Gasteiger partial charge in [-0.25, -0.2) is 0 Å². The number of aryl methyl sites for hydroxylation is 1. The lowest BCUT2D eigenvalue weighted by Crippen LogP contribution is -2.43. The van der Waals surface area contributed by atoms with E-state index in [9.17, 15) is 9.59 Å². The minimum atomic E-state index is -0.764. The van der Waals surface area contributed by atoms with Gasteiger partial charge in [-0.15, -0.1) is 0 Å². The fraction of sp³-hybridized carbons (Fsp3) is 0.216. The molecule has 0 saturated carbocycles. The van der Waals surface area contributed by atoms with Gasteiger partial charge in [-0.1, -0.05) is 78.4 Å². The molecule has 2 N–H and O–H groups in total. The highest BCUT2D eigenvalue weighted by atomic mass is 35.5. The van der Waals surface area contributed by atoms with E-state index in [2.05, 4.69) is 25.6 Å². The van der Waals surface area contributed by atoms with Gasteiger partial charge in [0.05, 0.1) is 7.11 Å². The Morgan fingerprint density at radius 2 is 1.08 bits per heavy atom. The molecule has 1 aromatic heterocycles. The molecule has 11 heteroatoms. The van der Waals surface area contributed by atoms with Crippen LogP contribution < -0.4 is 25.2 Å². The van der Waals surface area contributed by atoms with Gasteiger partial charge in [0.15, 0.2) is 0 Å². The summed E-state index contributed by atoms with van der Waals surface area (Å²) in [6.45, 7) is 2.00. The average molecular weight is 664 g/mol. The number of nitrogens with one attached hydrogen (secondary N) is 2. The smallest absolute Gasteiger partial charge is 0.249 e. The van der Waals surface area contributed by atoms with Crippen LogP contribution in [0.1, 0.15) is 16.7 Å². The van der Waals surface area contributed by atoms with E-state index in [-0.39, 0.29) is 29.0 Å². The maximum atomic E-state index is 13.9. The highest BCUT2D eigenvalue weighted by molar-refractivity contribution is 6.28. The van der Waals surface area contributed by atoms with E-state index in [0.29, 0.717) is 24.3 Å². The maximum Gasteiger partial charge on any atom is 0.249 e. The number of aromatic nitrogens is 3. The summed E-state index contributed by atoms with van der Waals surface area (Å²) in [5.74, 6) is 0.470. The molecule has 0 aliphatic heterocycles. The topological polar surface area (TPSA) is 113 Å². The molecule has 1 heterocycles. The first-order valence-electron chi connectivity index (χ1n) is 15.5. The zero-order chi connectivity index (χ0) is 34.0. The molecule has 0 bridgehead atoms. The van der Waals surface area contributed by atoms with E-state index in [1.807, 2.05) is 104 Å². The van der Waals surface area contributed by atoms with Gasteiger partial charge in [0.2, 0.25) is 29.0 Å². The Morgan fingerprint density at radius 1 is 0.667 bits per heavy atom. The predicted molar refractivity (Wildman–Crippen MR) is 191 cm³/mol. The molecule has 10 nitrogen and oxygen atoms in total. The quantitative estimate of drug-likeness (QED) is 0.153. The third-order valence-corrected chi connectivity index (χ3v) is 8.09. The number of carbonyl (C=O) groups excluding carboxylic acids is 2. The van der Waals surface area contributed by atoms with Crippen molar-refractivity contribution in [3.63, 3.8) is 0 Å². The summed E-state index contributed by atoms with van der Waals surface area (Å²) in [6.07, 6.45) is 0.715. The summed E-state index contributed by atoms with van der Waals surface area (Å²) in [5.41, 5.74) is 4.44. The third kappa shape index (κ3) is 8.86. The molecule has 0 radical (unpaired) electrons. The molecule has 48 heavy (non-hydrogen) atoms. The number of methoxy groups -OCH3 is 1. The van der Waals surface area contributed by atoms with Crippen LogP contribution >= 0.6 is 11.6 Å². The first-order chi connectivity index (χ1) is 23.2. The fourth-order valence-electron chi connectivity index (χ4n) is 5.19. The van der Waals surface area contributed by atoms with Crippen LogP contribution in [0, 0.1) is 6.92 Å². The van der Waals surface area contributed by atoms with Gasteiger partial charge >= 0.3 is 0 Å². The van der Waals surface area contributed by atoms with Crippen LogP contribution in [0.2, 0.25) is 5.28 Å². The van der Waals surface area contributed by atoms with Crippen LogP contribution in [-0.2, 0) is 22.4 Å². The molecule has 0 unspecified atom stereocenters. The number of benzene rings is 4. The Labute approximate surface area is 285 Å². The minimum Gasteiger partial charge on any atom is -0.497 e. The Bertz CT molecular complexity index is 1810. The first-order valence-corrected chi connectivity index (χ1v) is 15.9. The maximum absolute atomic E-state index is 13.9. The second-order valence-electron chi connectivity index (χ2n) is 11.4. The largest absolute Gasteiger partial charge is 0.497 e. The van der Waals surface area contributed by atoms with E-state index in [1.165, 1.54) is 0 Å². The lowest BCUT2D eigenvalue weighted by Gasteiger charge is -2.26. The van der Waals surface area contributed by atoms with Crippen LogP contribution in [0.5, 0.6) is 5.75 Å². The van der Waals surface area contributed by atoms with Gasteiger partial charge < -0.3 is 25.2 Å². The molecule has 2 amide bonds. The Kier molecular flexibility index (Phi) is 11.2. The highest BCUT2D eigenvalue weighted by Gasteiger charge is 2.27. The van der Waals surface area contributed by atoms with Crippen LogP contribution in [0.4, 0.5) is 23.3 Å². The van der Waals surface area contributed by atoms with Gasteiger partial charge in [0.25, 0.3) is 0 Å². The average Bonchev–Trinajstić information content (AvgIpc) is 3.11. The van der Waals surface area contributed by atoms with Crippen molar-refractivity contribution < 1.29 is 14.3 Å². The summed E-state index contributed by atoms with van der Waals surface area (Å²) >= 11 is 6.41. The van der Waals surface area contributed by atoms with Gasteiger partial charge in [0, 0.05) is 38.3 Å². The second kappa shape index (κ2) is 15.9. The van der Waals surface area contributed by atoms with E-state index in [1.54, 1.807) is 43.1 Å². The van der Waals surface area contributed by atoms with E-state index in [4.69, 9.17) is 16.3 Å². The first kappa shape index (κ1) is 33.9. The summed E-state index contributed by atoms with van der Waals surface area (Å²) in [7, 11) is 5.04. The SMILES string of the molecule is COc1ccc(N(C)C(=O)[C@H](Cc2ccccc2)Nc2nc(Cl)nc(N[C@@H](Cc3ccccc3)C(=O)N(C)c3ccc(C)cc3)n2)cc1. The van der Waals surface area contributed by atoms with Gasteiger partial charge in [-0.3, -0.25) is 9.59 Å². The van der Waals surface area contributed by atoms with Gasteiger partial charge in [0.1, 0.15) is 17.8 Å². The van der Waals surface area contributed by atoms with Crippen LogP contribution in [0.15, 0.2) is 109 Å². The molecule has 2 atom stereocenters. The van der Waals surface area contributed by atoms with Crippen molar-refractivity contribution in [2.75, 3.05) is 41.6 Å². The third-order valence-electron chi connectivity index (χ3n) is 7.92. The summed E-state index contributed by atoms with van der Waals surface area (Å²) in [5, 5.41) is 6.29. The van der Waals surface area contributed by atoms with Crippen molar-refractivity contribution in [1.82, 2.24) is 15.0 Å². The molecule has 0 aliphatic carbocycles. The lowest BCUT2D eigenvalue weighted by molar-refractivity contribution is -0.119. The van der Waals surface area contributed by atoms with Crippen LogP contribution in [0.25, 0.3) is 0 Å². The van der Waals surface area contributed by atoms with Crippen molar-refractivity contribution in [3.05, 3.63) is 131 Å². The lowest BCUT2D eigenvalue weighted by atomic mass is 10.0. The Balaban J connectivity index is 1.42. The van der Waals surface area contributed by atoms with Crippen molar-refractivity contribution in [3.8, 4) is 5.75 Å². The zero-order valence-corrected chi connectivity index (χ0v) is 28.1. The molecule has 246 valence electrons. The van der Waals surface area contributed by atoms with E-state index >= 15 is 0 Å². The monoisotopic (exact) mass is 663 g/mol. The standard InChI is InChI=1S/C37H38ClN7O3/c1-25-15-17-28(18-16-25)44(2)33(46)31(23-26-11-7-5-8-12-26)39-36-41-35(38)42-37(43-36)40-32(24-27-13-9-6-10-14-27)34(47)45(3)29-19-21-30(48-4)22-20-29/h5-22,31-32H,23-24H2,1-4H3,(H2,39,40,41,42,43)/t31-,32-/m0/s1. The normalized spacial score (nSPS) is 12.0. The van der Waals surface area contributed by atoms with Crippen molar-refractivity contribution in [2.45, 2.75) is 31.8 Å². The number of hydrogen-bond acceptors (Lipinski definition) is 8. The summed E-state index contributed by atoms with van der Waals surface area (Å²) in [4.78, 5) is 44.2. The van der Waals surface area contributed by atoms with Crippen molar-refractivity contribution in [1.29, 1.82) is 0 Å². The van der Waals surface area contributed by atoms with Gasteiger partial charge in [-0.2, -0.15) is 15.0 Å². The van der Waals surface area contributed by atoms with Crippen LogP contribution in [0.3, 0.4) is 0 Å². The number of likely N-dealkylation sites (N-methyl/N-ethyl adjacent to an activating group) is 2. The molecule has 5 rings (SSSR count). The van der Waals surface area contributed by atoms with Gasteiger partial charge in [-0.05, 0) is 66.0 Å². The Hall–Kier alpha value is -5.48. The Morgan fingerprint density at radius 3 is 1.50 bits per heavy atom. The number of carbonyl (C=O) groups is 2. The number of hydrogen-bond donors (Lipinski definition) is 2. The van der Waals surface area contributed by atoms with Crippen molar-refractivity contribution >= 4 is 46.7 Å². The van der Waals surface area contributed by atoms with Crippen LogP contribution in [-0.4, -0.2) is 60.1 Å². The molecular weight excluding hydrogens is 626 g/mol. The van der Waals surface area contributed by atoms with E-state index in [0.717, 1.165) is 22.4 Å². The number of ether oxygens (including phenoxy) is 1. The zero-order valence-electron chi connectivity index (χ0n) is 27.3. The molecule has 5 aromatic rings. The minimum absolute atomic E-state index is 0.0905. The predicted octanol–water partition coefficient (Wildman–Crippen LogP) is 6.21. The molecule has 0 fully saturated rings. The second-order valence-corrected chi connectivity index (χ2v) is 11.7. The number of nitrogens with zero attached hydrogens (tertiary/aromatic N) is 5. The van der Waals surface area contributed by atoms with E-state index < -0.39 is 12.1 Å². The number of rotatable bonds is 13. The number of anilines is 4. The molecule has 0 aliphatic rings. The highest BCUT2D eigenvalue weighted by Crippen LogP contribution is 2.22. The number of amides is 2. The fourth-order valence-corrected chi connectivity index (χ4v) is 5.35. The summed E-state index contributed by atoms with van der Waals surface area (Å²) < 4.78 is 5.27. The number of halogens is 1. The molecule has 4 aromatic carbocycles. The molecular formula is C37H38ClN7O3. The van der Waals surface area contributed by atoms with Crippen molar-refractivity contribution in [2.24, 2.45) is 0 Å². The summed E-state index contributed by atoms with van der Waals surface area (Å²) in [6, 6.07) is 32.8.